The Morgan fingerprint density at radius 1 is 1.14 bits per heavy atom. The van der Waals surface area contributed by atoms with Gasteiger partial charge in [0.1, 0.15) is 11.4 Å². The molecule has 0 radical (unpaired) electrons. The van der Waals surface area contributed by atoms with Crippen LogP contribution in [0.2, 0.25) is 0 Å². The van der Waals surface area contributed by atoms with E-state index in [-0.39, 0.29) is 5.56 Å². The monoisotopic (exact) mass is 296 g/mol. The molecule has 3 heteroatoms. The van der Waals surface area contributed by atoms with Crippen molar-refractivity contribution in [1.29, 1.82) is 0 Å². The first-order valence-corrected chi connectivity index (χ1v) is 6.91. The maximum absolute atomic E-state index is 13.7. The van der Waals surface area contributed by atoms with Crippen molar-refractivity contribution in [3.05, 3.63) is 59.4 Å². The van der Waals surface area contributed by atoms with Crippen LogP contribution in [0, 0.1) is 18.2 Å². The van der Waals surface area contributed by atoms with Crippen LogP contribution in [0.25, 0.3) is 11.1 Å². The second-order valence-electron chi connectivity index (χ2n) is 5.89. The van der Waals surface area contributed by atoms with E-state index in [2.05, 4.69) is 5.92 Å². The van der Waals surface area contributed by atoms with E-state index in [1.54, 1.807) is 36.4 Å². The molecule has 0 aliphatic carbocycles. The molecule has 0 saturated carbocycles. The summed E-state index contributed by atoms with van der Waals surface area (Å²) < 4.78 is 19.0. The molecule has 0 fully saturated rings. The van der Waals surface area contributed by atoms with Gasteiger partial charge in [-0.2, -0.15) is 0 Å². The van der Waals surface area contributed by atoms with Gasteiger partial charge in [0.15, 0.2) is 0 Å². The van der Waals surface area contributed by atoms with E-state index in [0.29, 0.717) is 11.1 Å². The third-order valence-corrected chi connectivity index (χ3v) is 2.99. The number of benzene rings is 2. The van der Waals surface area contributed by atoms with Crippen molar-refractivity contribution in [2.24, 2.45) is 0 Å². The average Bonchev–Trinajstić information content (AvgIpc) is 2.45. The number of esters is 1. The van der Waals surface area contributed by atoms with Crippen molar-refractivity contribution in [1.82, 2.24) is 0 Å². The van der Waals surface area contributed by atoms with Crippen LogP contribution < -0.4 is 0 Å². The van der Waals surface area contributed by atoms with Gasteiger partial charge in [-0.1, -0.05) is 30.2 Å². The molecule has 0 aromatic heterocycles. The van der Waals surface area contributed by atoms with E-state index < -0.39 is 17.4 Å². The molecule has 0 heterocycles. The highest BCUT2D eigenvalue weighted by Crippen LogP contribution is 2.26. The third kappa shape index (κ3) is 3.53. The molecule has 0 spiro atoms. The van der Waals surface area contributed by atoms with E-state index in [9.17, 15) is 9.18 Å². The fourth-order valence-electron chi connectivity index (χ4n) is 2.03. The Morgan fingerprint density at radius 2 is 1.77 bits per heavy atom. The van der Waals surface area contributed by atoms with Crippen molar-refractivity contribution in [2.75, 3.05) is 0 Å². The third-order valence-electron chi connectivity index (χ3n) is 2.99. The second-order valence-corrected chi connectivity index (χ2v) is 5.89. The van der Waals surface area contributed by atoms with Gasteiger partial charge >= 0.3 is 5.97 Å². The summed E-state index contributed by atoms with van der Waals surface area (Å²) in [4.78, 5) is 12.0. The van der Waals surface area contributed by atoms with Gasteiger partial charge in [-0.25, -0.2) is 9.18 Å². The van der Waals surface area contributed by atoms with E-state index in [4.69, 9.17) is 11.2 Å². The van der Waals surface area contributed by atoms with Crippen molar-refractivity contribution in [3.63, 3.8) is 0 Å². The molecule has 2 nitrogen and oxygen atoms in total. The minimum atomic E-state index is -0.547. The van der Waals surface area contributed by atoms with Gasteiger partial charge in [-0.05, 0) is 44.5 Å². The Morgan fingerprint density at radius 3 is 2.32 bits per heavy atom. The van der Waals surface area contributed by atoms with Crippen LogP contribution in [0.5, 0.6) is 0 Å². The minimum absolute atomic E-state index is 0.215. The SMILES string of the molecule is C#Cc1c(F)cccc1-c1ccc(C(=O)OC(C)(C)C)cc1. The van der Waals surface area contributed by atoms with Gasteiger partial charge in [0.25, 0.3) is 0 Å². The molecule has 22 heavy (non-hydrogen) atoms. The largest absolute Gasteiger partial charge is 0.456 e. The number of ether oxygens (including phenoxy) is 1. The van der Waals surface area contributed by atoms with Gasteiger partial charge in [-0.15, -0.1) is 6.42 Å². The van der Waals surface area contributed by atoms with Crippen LogP contribution in [0.4, 0.5) is 4.39 Å². The zero-order chi connectivity index (χ0) is 16.3. The molecule has 0 aliphatic rings. The smallest absolute Gasteiger partial charge is 0.338 e. The number of rotatable bonds is 2. The number of carbonyl (C=O) groups is 1. The lowest BCUT2D eigenvalue weighted by Gasteiger charge is -2.19. The van der Waals surface area contributed by atoms with Crippen LogP contribution in [-0.4, -0.2) is 11.6 Å². The maximum atomic E-state index is 13.7. The lowest BCUT2D eigenvalue weighted by atomic mass is 9.98. The molecule has 0 atom stereocenters. The molecule has 0 N–H and O–H groups in total. The van der Waals surface area contributed by atoms with Crippen molar-refractivity contribution in [2.45, 2.75) is 26.4 Å². The summed E-state index contributed by atoms with van der Waals surface area (Å²) in [6, 6.07) is 11.4. The molecule has 0 bridgehead atoms. The zero-order valence-corrected chi connectivity index (χ0v) is 12.8. The number of hydrogen-bond acceptors (Lipinski definition) is 2. The Balaban J connectivity index is 2.33. The van der Waals surface area contributed by atoms with Gasteiger partial charge in [0, 0.05) is 5.56 Å². The highest BCUT2D eigenvalue weighted by Gasteiger charge is 2.18. The first-order chi connectivity index (χ1) is 10.3. The number of hydrogen-bond donors (Lipinski definition) is 0. The van der Waals surface area contributed by atoms with E-state index >= 15 is 0 Å². The first-order valence-electron chi connectivity index (χ1n) is 6.91. The molecule has 0 aliphatic heterocycles. The van der Waals surface area contributed by atoms with Crippen molar-refractivity contribution < 1.29 is 13.9 Å². The Hall–Kier alpha value is -2.60. The Bertz CT molecular complexity index is 732. The topological polar surface area (TPSA) is 26.3 Å². The first kappa shape index (κ1) is 15.8. The van der Waals surface area contributed by atoms with Crippen LogP contribution in [0.1, 0.15) is 36.7 Å². The molecule has 112 valence electrons. The van der Waals surface area contributed by atoms with Crippen LogP contribution in [-0.2, 0) is 4.74 Å². The molecular weight excluding hydrogens is 279 g/mol. The number of carbonyl (C=O) groups excluding carboxylic acids is 1. The van der Waals surface area contributed by atoms with Crippen molar-refractivity contribution in [3.8, 4) is 23.5 Å². The second kappa shape index (κ2) is 6.03. The zero-order valence-electron chi connectivity index (χ0n) is 12.8. The summed E-state index contributed by atoms with van der Waals surface area (Å²) in [6.45, 7) is 5.43. The quantitative estimate of drug-likeness (QED) is 0.605. The summed E-state index contributed by atoms with van der Waals surface area (Å²) in [6.07, 6.45) is 5.37. The number of terminal acetylenes is 1. The maximum Gasteiger partial charge on any atom is 0.338 e. The lowest BCUT2D eigenvalue weighted by molar-refractivity contribution is 0.00696. The Kier molecular flexibility index (Phi) is 4.32. The molecule has 2 aromatic carbocycles. The summed E-state index contributed by atoms with van der Waals surface area (Å²) in [5.74, 6) is 1.54. The standard InChI is InChI=1S/C19H17FO2/c1-5-15-16(7-6-8-17(15)20)13-9-11-14(12-10-13)18(21)22-19(2,3)4/h1,6-12H,2-4H3. The fourth-order valence-corrected chi connectivity index (χ4v) is 2.03. The summed E-state index contributed by atoms with van der Waals surface area (Å²) in [5, 5.41) is 0. The summed E-state index contributed by atoms with van der Waals surface area (Å²) in [7, 11) is 0. The van der Waals surface area contributed by atoms with Crippen LogP contribution in [0.3, 0.4) is 0 Å². The van der Waals surface area contributed by atoms with Crippen molar-refractivity contribution >= 4 is 5.97 Å². The summed E-state index contributed by atoms with van der Waals surface area (Å²) in [5.41, 5.74) is 1.48. The molecule has 0 saturated heterocycles. The lowest BCUT2D eigenvalue weighted by Crippen LogP contribution is -2.23. The van der Waals surface area contributed by atoms with Gasteiger partial charge in [0.05, 0.1) is 11.1 Å². The van der Waals surface area contributed by atoms with E-state index in [1.807, 2.05) is 20.8 Å². The Labute approximate surface area is 129 Å². The van der Waals surface area contributed by atoms with Crippen LogP contribution >= 0.6 is 0 Å². The molecule has 2 aromatic rings. The number of halogens is 1. The highest BCUT2D eigenvalue weighted by molar-refractivity contribution is 5.90. The fraction of sp³-hybridized carbons (Fsp3) is 0.211. The summed E-state index contributed by atoms with van der Waals surface area (Å²) >= 11 is 0. The minimum Gasteiger partial charge on any atom is -0.456 e. The molecular formula is C19H17FO2. The molecule has 2 rings (SSSR count). The van der Waals surface area contributed by atoms with E-state index in [1.165, 1.54) is 6.07 Å². The average molecular weight is 296 g/mol. The van der Waals surface area contributed by atoms with Gasteiger partial charge in [-0.3, -0.25) is 0 Å². The predicted molar refractivity (Wildman–Crippen MR) is 84.9 cm³/mol. The van der Waals surface area contributed by atoms with Gasteiger partial charge in [0.2, 0.25) is 0 Å². The van der Waals surface area contributed by atoms with Gasteiger partial charge < -0.3 is 4.74 Å². The highest BCUT2D eigenvalue weighted by atomic mass is 19.1. The molecule has 0 amide bonds. The molecule has 0 unspecified atom stereocenters. The van der Waals surface area contributed by atoms with Crippen LogP contribution in [0.15, 0.2) is 42.5 Å². The van der Waals surface area contributed by atoms with E-state index in [0.717, 1.165) is 5.56 Å². The normalized spacial score (nSPS) is 10.9. The predicted octanol–water partition coefficient (Wildman–Crippen LogP) is 4.43.